The lowest BCUT2D eigenvalue weighted by Gasteiger charge is -2.12. The van der Waals surface area contributed by atoms with Gasteiger partial charge in [0.05, 0.1) is 4.88 Å². The number of halogens is 1. The van der Waals surface area contributed by atoms with Gasteiger partial charge in [0.2, 0.25) is 0 Å². The van der Waals surface area contributed by atoms with E-state index in [0.29, 0.717) is 16.3 Å². The lowest BCUT2D eigenvalue weighted by Crippen LogP contribution is -2.29. The van der Waals surface area contributed by atoms with Gasteiger partial charge in [0.15, 0.2) is 5.71 Å². The number of hydrogen-bond donors (Lipinski definition) is 1. The molecule has 0 aliphatic heterocycles. The number of amides is 1. The largest absolute Gasteiger partial charge is 0.398 e. The molecule has 1 aromatic heterocycles. The molecule has 0 radical (unpaired) electrons. The molecule has 0 saturated heterocycles. The monoisotopic (exact) mass is 454 g/mol. The van der Waals surface area contributed by atoms with E-state index >= 15 is 0 Å². The van der Waals surface area contributed by atoms with E-state index in [1.54, 1.807) is 31.3 Å². The summed E-state index contributed by atoms with van der Waals surface area (Å²) in [6.07, 6.45) is 1.72. The summed E-state index contributed by atoms with van der Waals surface area (Å²) in [6.45, 7) is 3.85. The van der Waals surface area contributed by atoms with Crippen molar-refractivity contribution in [2.24, 2.45) is 10.3 Å². The predicted octanol–water partition coefficient (Wildman–Crippen LogP) is 4.29. The first-order valence-electron chi connectivity index (χ1n) is 9.75. The van der Waals surface area contributed by atoms with E-state index in [0.717, 1.165) is 21.6 Å². The van der Waals surface area contributed by atoms with Gasteiger partial charge in [-0.25, -0.2) is 9.37 Å². The number of thiazole rings is 1. The van der Waals surface area contributed by atoms with Crippen LogP contribution < -0.4 is 5.32 Å². The maximum absolute atomic E-state index is 13.1. The average Bonchev–Trinajstić information content (AvgIpc) is 3.29. The number of carbonyl (C=O) groups excluding carboxylic acids is 1. The number of likely N-dealkylation sites (N-methyl/N-ethyl adjacent to an activating group) is 1. The predicted molar refractivity (Wildman–Crippen MR) is 123 cm³/mol. The molecular weight excluding hydrogens is 431 g/mol. The first-order chi connectivity index (χ1) is 15.4. The first-order valence-corrected chi connectivity index (χ1v) is 10.6. The van der Waals surface area contributed by atoms with Crippen molar-refractivity contribution in [3.05, 3.63) is 76.2 Å². The zero-order chi connectivity index (χ0) is 23.1. The Morgan fingerprint density at radius 2 is 1.94 bits per heavy atom. The molecule has 0 fully saturated rings. The Balaban J connectivity index is 1.78. The van der Waals surface area contributed by atoms with Gasteiger partial charge in [-0.2, -0.15) is 0 Å². The smallest absolute Gasteiger partial charge is 0.273 e. The number of nitrogens with one attached hydrogen (secondary N) is 1. The average molecular weight is 455 g/mol. The highest BCUT2D eigenvalue weighted by Gasteiger charge is 2.19. The van der Waals surface area contributed by atoms with Gasteiger partial charge >= 0.3 is 0 Å². The number of benzene rings is 2. The van der Waals surface area contributed by atoms with Gasteiger partial charge in [0.1, 0.15) is 30.3 Å². The first kappa shape index (κ1) is 23.1. The molecule has 9 heteroatoms. The van der Waals surface area contributed by atoms with Crippen LogP contribution in [0.1, 0.15) is 28.6 Å². The second-order valence-corrected chi connectivity index (χ2v) is 7.82. The van der Waals surface area contributed by atoms with Crippen LogP contribution in [-0.4, -0.2) is 36.5 Å². The van der Waals surface area contributed by atoms with E-state index in [-0.39, 0.29) is 24.0 Å². The standard InChI is InChI=1S/C23H23FN4O3S/c1-14-6-5-7-18(21(28-30-4)22(29)25-3)19(14)13-31-27-15(2)23-26-12-20(32-23)16-8-10-17(24)11-9-16/h5-12H,13H2,1-4H3,(H,25,29)/b27-15+,28-21+. The molecule has 2 aromatic carbocycles. The second kappa shape index (κ2) is 10.6. The summed E-state index contributed by atoms with van der Waals surface area (Å²) in [5.41, 5.74) is 3.95. The maximum Gasteiger partial charge on any atom is 0.273 e. The second-order valence-electron chi connectivity index (χ2n) is 6.79. The van der Waals surface area contributed by atoms with Crippen LogP contribution >= 0.6 is 11.3 Å². The summed E-state index contributed by atoms with van der Waals surface area (Å²) in [5.74, 6) is -0.648. The van der Waals surface area contributed by atoms with E-state index in [9.17, 15) is 9.18 Å². The van der Waals surface area contributed by atoms with E-state index in [1.165, 1.54) is 37.6 Å². The Morgan fingerprint density at radius 1 is 1.19 bits per heavy atom. The SMILES string of the molecule is CNC(=O)/C(=N/OC)c1cccc(C)c1CO/N=C(\C)c1ncc(-c2ccc(F)cc2)s1. The van der Waals surface area contributed by atoms with Crippen LogP contribution in [0.2, 0.25) is 0 Å². The summed E-state index contributed by atoms with van der Waals surface area (Å²) in [4.78, 5) is 28.0. The minimum Gasteiger partial charge on any atom is -0.398 e. The van der Waals surface area contributed by atoms with Gasteiger partial charge in [-0.3, -0.25) is 4.79 Å². The van der Waals surface area contributed by atoms with Crippen molar-refractivity contribution >= 4 is 28.7 Å². The van der Waals surface area contributed by atoms with Crippen molar-refractivity contribution in [2.45, 2.75) is 20.5 Å². The van der Waals surface area contributed by atoms with Crippen molar-refractivity contribution in [1.29, 1.82) is 0 Å². The van der Waals surface area contributed by atoms with Crippen LogP contribution in [0.15, 0.2) is 59.0 Å². The van der Waals surface area contributed by atoms with Crippen LogP contribution in [0, 0.1) is 12.7 Å². The molecule has 0 unspecified atom stereocenters. The fraction of sp³-hybridized carbons (Fsp3) is 0.217. The highest BCUT2D eigenvalue weighted by Crippen LogP contribution is 2.26. The van der Waals surface area contributed by atoms with Crippen LogP contribution in [0.25, 0.3) is 10.4 Å². The number of hydrogen-bond acceptors (Lipinski definition) is 7. The molecule has 0 saturated carbocycles. The molecule has 3 rings (SSSR count). The highest BCUT2D eigenvalue weighted by molar-refractivity contribution is 7.17. The third-order valence-corrected chi connectivity index (χ3v) is 5.80. The Kier molecular flexibility index (Phi) is 7.67. The summed E-state index contributed by atoms with van der Waals surface area (Å²) < 4.78 is 13.1. The van der Waals surface area contributed by atoms with Gasteiger partial charge < -0.3 is 15.0 Å². The molecule has 32 heavy (non-hydrogen) atoms. The molecule has 0 aliphatic carbocycles. The summed E-state index contributed by atoms with van der Waals surface area (Å²) in [5, 5.41) is 11.3. The fourth-order valence-corrected chi connectivity index (χ4v) is 3.82. The quantitative estimate of drug-likeness (QED) is 0.406. The zero-order valence-electron chi connectivity index (χ0n) is 18.2. The molecule has 1 heterocycles. The molecular formula is C23H23FN4O3S. The Morgan fingerprint density at radius 3 is 2.62 bits per heavy atom. The molecule has 0 atom stereocenters. The van der Waals surface area contributed by atoms with Gasteiger partial charge in [-0.15, -0.1) is 11.3 Å². The zero-order valence-corrected chi connectivity index (χ0v) is 19.0. The fourth-order valence-electron chi connectivity index (χ4n) is 2.96. The normalized spacial score (nSPS) is 11.9. The number of rotatable bonds is 8. The van der Waals surface area contributed by atoms with Crippen LogP contribution in [0.3, 0.4) is 0 Å². The Bertz CT molecular complexity index is 1160. The minimum atomic E-state index is -0.366. The highest BCUT2D eigenvalue weighted by atomic mass is 32.1. The van der Waals surface area contributed by atoms with Gasteiger partial charge in [0, 0.05) is 24.4 Å². The number of nitrogens with zero attached hydrogens (tertiary/aromatic N) is 3. The van der Waals surface area contributed by atoms with Gasteiger partial charge in [0.25, 0.3) is 5.91 Å². The minimum absolute atomic E-state index is 0.134. The molecule has 0 bridgehead atoms. The van der Waals surface area contributed by atoms with Gasteiger partial charge in [-0.05, 0) is 37.1 Å². The number of aromatic nitrogens is 1. The topological polar surface area (TPSA) is 85.2 Å². The third-order valence-electron chi connectivity index (χ3n) is 4.64. The summed E-state index contributed by atoms with van der Waals surface area (Å²) in [7, 11) is 2.91. The van der Waals surface area contributed by atoms with Crippen molar-refractivity contribution in [3.63, 3.8) is 0 Å². The van der Waals surface area contributed by atoms with Crippen molar-refractivity contribution in [2.75, 3.05) is 14.2 Å². The van der Waals surface area contributed by atoms with Crippen molar-refractivity contribution in [3.8, 4) is 10.4 Å². The van der Waals surface area contributed by atoms with Crippen LogP contribution in [0.5, 0.6) is 0 Å². The maximum atomic E-state index is 13.1. The lowest BCUT2D eigenvalue weighted by molar-refractivity contribution is -0.114. The van der Waals surface area contributed by atoms with Crippen molar-refractivity contribution in [1.82, 2.24) is 10.3 Å². The van der Waals surface area contributed by atoms with E-state index < -0.39 is 0 Å². The van der Waals surface area contributed by atoms with E-state index in [1.807, 2.05) is 19.1 Å². The number of carbonyl (C=O) groups is 1. The molecule has 0 spiro atoms. The third kappa shape index (κ3) is 5.36. The van der Waals surface area contributed by atoms with E-state index in [2.05, 4.69) is 20.6 Å². The molecule has 1 amide bonds. The molecule has 3 aromatic rings. The van der Waals surface area contributed by atoms with Crippen LogP contribution in [-0.2, 0) is 21.1 Å². The molecule has 7 nitrogen and oxygen atoms in total. The molecule has 166 valence electrons. The molecule has 1 N–H and O–H groups in total. The number of oxime groups is 2. The molecule has 0 aliphatic rings. The Hall–Kier alpha value is -3.59. The number of aryl methyl sites for hydroxylation is 1. The Labute approximate surface area is 189 Å². The lowest BCUT2D eigenvalue weighted by atomic mass is 9.98. The van der Waals surface area contributed by atoms with E-state index in [4.69, 9.17) is 9.68 Å². The van der Waals surface area contributed by atoms with Crippen molar-refractivity contribution < 1.29 is 18.9 Å². The summed E-state index contributed by atoms with van der Waals surface area (Å²) >= 11 is 1.44. The summed E-state index contributed by atoms with van der Waals surface area (Å²) in [6, 6.07) is 11.8. The van der Waals surface area contributed by atoms with Crippen LogP contribution in [0.4, 0.5) is 4.39 Å². The van der Waals surface area contributed by atoms with Gasteiger partial charge in [-0.1, -0.05) is 40.6 Å².